The number of rotatable bonds is 7. The second kappa shape index (κ2) is 10.4. The summed E-state index contributed by atoms with van der Waals surface area (Å²) in [6.45, 7) is 4.87. The van der Waals surface area contributed by atoms with Gasteiger partial charge in [0, 0.05) is 25.2 Å². The molecule has 0 spiro atoms. The van der Waals surface area contributed by atoms with E-state index in [1.165, 1.54) is 12.8 Å². The zero-order chi connectivity index (χ0) is 26.9. The molecule has 38 heavy (non-hydrogen) atoms. The topological polar surface area (TPSA) is 113 Å². The van der Waals surface area contributed by atoms with Crippen molar-refractivity contribution in [2.24, 2.45) is 5.41 Å². The highest BCUT2D eigenvalue weighted by Crippen LogP contribution is 2.40. The number of ether oxygens (including phenoxy) is 1. The predicted molar refractivity (Wildman–Crippen MR) is 145 cm³/mol. The molecule has 2 N–H and O–H groups in total. The Kier molecular flexibility index (Phi) is 6.96. The molecule has 200 valence electrons. The van der Waals surface area contributed by atoms with E-state index in [1.807, 2.05) is 13.8 Å². The molecule has 0 unspecified atom stereocenters. The molecule has 0 radical (unpaired) electrons. The first-order valence-corrected chi connectivity index (χ1v) is 12.9. The molecule has 0 saturated heterocycles. The van der Waals surface area contributed by atoms with Gasteiger partial charge in [-0.15, -0.1) is 0 Å². The van der Waals surface area contributed by atoms with E-state index in [2.05, 4.69) is 20.5 Å². The van der Waals surface area contributed by atoms with Crippen molar-refractivity contribution in [2.45, 2.75) is 52.1 Å². The third-order valence-electron chi connectivity index (χ3n) is 7.31. The van der Waals surface area contributed by atoms with Crippen LogP contribution in [0.25, 0.3) is 0 Å². The average Bonchev–Trinajstić information content (AvgIpc) is 3.63. The summed E-state index contributed by atoms with van der Waals surface area (Å²) >= 11 is 0. The Bertz CT molecular complexity index is 1320. The van der Waals surface area contributed by atoms with E-state index in [4.69, 9.17) is 14.1 Å². The molecule has 5 rings (SSSR count). The van der Waals surface area contributed by atoms with Gasteiger partial charge in [0.05, 0.1) is 37.2 Å². The van der Waals surface area contributed by atoms with E-state index < -0.39 is 5.41 Å². The molecule has 2 amide bonds. The van der Waals surface area contributed by atoms with Crippen LogP contribution in [-0.2, 0) is 11.3 Å². The summed E-state index contributed by atoms with van der Waals surface area (Å²) in [4.78, 5) is 39.3. The molecule has 1 aliphatic heterocycles. The molecule has 3 aromatic rings. The number of amides is 2. The maximum atomic E-state index is 13.2. The van der Waals surface area contributed by atoms with Crippen molar-refractivity contribution in [1.82, 2.24) is 15.3 Å². The number of benzene rings is 1. The van der Waals surface area contributed by atoms with Crippen LogP contribution >= 0.6 is 0 Å². The van der Waals surface area contributed by atoms with Crippen molar-refractivity contribution in [1.29, 1.82) is 0 Å². The van der Waals surface area contributed by atoms with Crippen LogP contribution in [0.3, 0.4) is 0 Å². The predicted octanol–water partition coefficient (Wildman–Crippen LogP) is 4.50. The highest BCUT2D eigenvalue weighted by atomic mass is 16.5. The van der Waals surface area contributed by atoms with E-state index in [-0.39, 0.29) is 11.8 Å². The number of carbonyl (C=O) groups is 2. The number of aromatic nitrogens is 2. The fourth-order valence-electron chi connectivity index (χ4n) is 5.26. The maximum absolute atomic E-state index is 13.2. The summed E-state index contributed by atoms with van der Waals surface area (Å²) in [6.07, 6.45) is 7.79. The van der Waals surface area contributed by atoms with Crippen LogP contribution in [0.15, 0.2) is 47.2 Å². The molecule has 10 nitrogen and oxygen atoms in total. The highest BCUT2D eigenvalue weighted by molar-refractivity contribution is 6.01. The number of hydrogen-bond acceptors (Lipinski definition) is 8. The van der Waals surface area contributed by atoms with Gasteiger partial charge in [-0.05, 0) is 57.0 Å². The molecule has 0 bridgehead atoms. The average molecular weight is 519 g/mol. The van der Waals surface area contributed by atoms with Crippen LogP contribution in [0.4, 0.5) is 23.1 Å². The Labute approximate surface area is 222 Å². The van der Waals surface area contributed by atoms with Gasteiger partial charge in [0.25, 0.3) is 5.91 Å². The summed E-state index contributed by atoms with van der Waals surface area (Å²) in [5.74, 6) is 2.10. The molecule has 1 aromatic carbocycles. The second-order valence-corrected chi connectivity index (χ2v) is 10.5. The van der Waals surface area contributed by atoms with Gasteiger partial charge in [-0.1, -0.05) is 12.8 Å². The van der Waals surface area contributed by atoms with Gasteiger partial charge < -0.3 is 29.6 Å². The monoisotopic (exact) mass is 518 g/mol. The third-order valence-corrected chi connectivity index (χ3v) is 7.31. The fraction of sp³-hybridized carbons (Fsp3) is 0.429. The molecular formula is C28H34N6O4. The Morgan fingerprint density at radius 3 is 2.74 bits per heavy atom. The zero-order valence-corrected chi connectivity index (χ0v) is 22.3. The van der Waals surface area contributed by atoms with Gasteiger partial charge in [0.2, 0.25) is 11.9 Å². The zero-order valence-electron chi connectivity index (χ0n) is 22.3. The normalized spacial score (nSPS) is 17.2. The van der Waals surface area contributed by atoms with Crippen molar-refractivity contribution >= 4 is 35.0 Å². The molecule has 10 heteroatoms. The molecule has 1 aliphatic carbocycles. The van der Waals surface area contributed by atoms with Gasteiger partial charge >= 0.3 is 0 Å². The summed E-state index contributed by atoms with van der Waals surface area (Å²) < 4.78 is 10.8. The van der Waals surface area contributed by atoms with Crippen LogP contribution in [0.5, 0.6) is 5.75 Å². The van der Waals surface area contributed by atoms with Crippen molar-refractivity contribution in [2.75, 3.05) is 35.8 Å². The number of carbonyl (C=O) groups excluding carboxylic acids is 2. The van der Waals surface area contributed by atoms with Crippen LogP contribution in [0.1, 0.15) is 55.6 Å². The molecule has 0 atom stereocenters. The van der Waals surface area contributed by atoms with Crippen molar-refractivity contribution in [3.63, 3.8) is 0 Å². The molecule has 2 aliphatic rings. The number of nitrogens with zero attached hydrogens (tertiary/aromatic N) is 4. The first-order valence-electron chi connectivity index (χ1n) is 12.9. The number of fused-ring (bicyclic) bond motifs is 1. The molecule has 3 heterocycles. The van der Waals surface area contributed by atoms with E-state index in [0.717, 1.165) is 18.7 Å². The highest BCUT2D eigenvalue weighted by Gasteiger charge is 2.41. The number of nitrogens with one attached hydrogen (secondary N) is 2. The maximum Gasteiger partial charge on any atom is 0.251 e. The Morgan fingerprint density at radius 1 is 1.24 bits per heavy atom. The first-order chi connectivity index (χ1) is 18.3. The minimum atomic E-state index is -0.553. The van der Waals surface area contributed by atoms with E-state index in [9.17, 15) is 9.59 Å². The van der Waals surface area contributed by atoms with E-state index in [0.29, 0.717) is 53.5 Å². The van der Waals surface area contributed by atoms with E-state index in [1.54, 1.807) is 61.8 Å². The molecule has 1 fully saturated rings. The van der Waals surface area contributed by atoms with Crippen LogP contribution in [0.2, 0.25) is 0 Å². The van der Waals surface area contributed by atoms with Crippen molar-refractivity contribution in [3.8, 4) is 5.75 Å². The number of methoxy groups -OCH3 is 1. The minimum Gasteiger partial charge on any atom is -0.495 e. The third kappa shape index (κ3) is 5.03. The largest absolute Gasteiger partial charge is 0.495 e. The molecule has 2 aromatic heterocycles. The van der Waals surface area contributed by atoms with Crippen molar-refractivity contribution < 1.29 is 18.7 Å². The summed E-state index contributed by atoms with van der Waals surface area (Å²) in [5, 5.41) is 6.09. The first kappa shape index (κ1) is 25.6. The molecular weight excluding hydrogens is 484 g/mol. The van der Waals surface area contributed by atoms with E-state index >= 15 is 0 Å². The van der Waals surface area contributed by atoms with Gasteiger partial charge in [-0.2, -0.15) is 4.98 Å². The Hall–Kier alpha value is -4.08. The lowest BCUT2D eigenvalue weighted by atomic mass is 9.91. The summed E-state index contributed by atoms with van der Waals surface area (Å²) in [7, 11) is 3.34. The number of furan rings is 1. The summed E-state index contributed by atoms with van der Waals surface area (Å²) in [6, 6.07) is 9.07. The lowest BCUT2D eigenvalue weighted by Gasteiger charge is -2.34. The van der Waals surface area contributed by atoms with Gasteiger partial charge in [-0.3, -0.25) is 9.59 Å². The van der Waals surface area contributed by atoms with Crippen LogP contribution in [0, 0.1) is 5.41 Å². The molecule has 1 saturated carbocycles. The standard InChI is InChI=1S/C28H34N6O4/c1-28(2)17-34(19-8-5-6-9-19)24-22(33(3)26(28)36)16-30-27(32-24)31-21-12-11-18(14-23(21)37-4)25(35)29-15-20-10-7-13-38-20/h7,10-14,16,19H,5-6,8-9,15,17H2,1-4H3,(H,29,35)(H,30,31,32). The lowest BCUT2D eigenvalue weighted by Crippen LogP contribution is -2.45. The lowest BCUT2D eigenvalue weighted by molar-refractivity contribution is -0.125. The van der Waals surface area contributed by atoms with Crippen molar-refractivity contribution in [3.05, 3.63) is 54.1 Å². The quantitative estimate of drug-likeness (QED) is 0.470. The van der Waals surface area contributed by atoms with Crippen LogP contribution in [-0.4, -0.2) is 48.5 Å². The van der Waals surface area contributed by atoms with Crippen LogP contribution < -0.4 is 25.2 Å². The number of hydrogen-bond donors (Lipinski definition) is 2. The SMILES string of the molecule is COc1cc(C(=O)NCc2ccco2)ccc1Nc1ncc2c(n1)N(C1CCCC1)CC(C)(C)C(=O)N2C. The Balaban J connectivity index is 1.41. The summed E-state index contributed by atoms with van der Waals surface area (Å²) in [5.41, 5.74) is 1.23. The fourth-order valence-corrected chi connectivity index (χ4v) is 5.26. The smallest absolute Gasteiger partial charge is 0.251 e. The van der Waals surface area contributed by atoms with Gasteiger partial charge in [0.1, 0.15) is 17.2 Å². The van der Waals surface area contributed by atoms with Gasteiger partial charge in [0.15, 0.2) is 5.82 Å². The number of anilines is 4. The Morgan fingerprint density at radius 2 is 2.03 bits per heavy atom. The minimum absolute atomic E-state index is 0.0474. The second-order valence-electron chi connectivity index (χ2n) is 10.5. The van der Waals surface area contributed by atoms with Gasteiger partial charge in [-0.25, -0.2) is 4.98 Å².